The van der Waals surface area contributed by atoms with E-state index in [0.29, 0.717) is 10.9 Å². The second-order valence-electron chi connectivity index (χ2n) is 2.35. The molecule has 2 nitrogen and oxygen atoms in total. The molecular weight excluding hydrogens is 235 g/mol. The Kier molecular flexibility index (Phi) is 7.57. The summed E-state index contributed by atoms with van der Waals surface area (Å²) in [4.78, 5) is 9.88. The molecule has 0 bridgehead atoms. The van der Waals surface area contributed by atoms with Gasteiger partial charge in [0.25, 0.3) is 0 Å². The van der Waals surface area contributed by atoms with Gasteiger partial charge in [-0.15, -0.1) is 0 Å². The average molecular weight is 249 g/mol. The zero-order valence-electron chi connectivity index (χ0n) is 6.43. The maximum absolute atomic E-state index is 11.1. The Bertz CT molecular complexity index is 112. The van der Waals surface area contributed by atoms with E-state index in [9.17, 15) is 7.87 Å². The third kappa shape index (κ3) is 6.39. The molecular formula is C7H14O2Sn. The molecule has 0 atom stereocenters. The van der Waals surface area contributed by atoms with E-state index in [2.05, 4.69) is 6.92 Å². The molecule has 0 aromatic heterocycles. The van der Waals surface area contributed by atoms with E-state index in [1.807, 2.05) is 0 Å². The van der Waals surface area contributed by atoms with E-state index >= 15 is 0 Å². The molecule has 58 valence electrons. The molecule has 0 aliphatic carbocycles. The van der Waals surface area contributed by atoms with Gasteiger partial charge in [-0.3, -0.25) is 0 Å². The third-order valence-corrected chi connectivity index (χ3v) is 6.37. The van der Waals surface area contributed by atoms with Crippen molar-refractivity contribution >= 4 is 26.0 Å². The summed E-state index contributed by atoms with van der Waals surface area (Å²) < 4.78 is 12.7. The number of aldehydes is 1. The van der Waals surface area contributed by atoms with Gasteiger partial charge in [-0.05, 0) is 0 Å². The molecule has 0 unspecified atom stereocenters. The van der Waals surface area contributed by atoms with E-state index in [1.165, 1.54) is 0 Å². The van der Waals surface area contributed by atoms with E-state index in [-0.39, 0.29) is 0 Å². The molecule has 0 fully saturated rings. The molecule has 0 N–H and O–H groups in total. The van der Waals surface area contributed by atoms with Crippen LogP contribution in [0.2, 0.25) is 8.87 Å². The minimum absolute atomic E-state index is 0.516. The predicted molar refractivity (Wildman–Crippen MR) is 41.6 cm³/mol. The standard InChI is InChI=1S/C4H9.C3H5O.O.Sn/c1-3-4-2;1-2-3-4;;/h1,3-4H2,2H3;3H,1-2H2;;. The molecule has 0 aliphatic heterocycles. The topological polar surface area (TPSA) is 34.1 Å². The van der Waals surface area contributed by atoms with Crippen molar-refractivity contribution in [2.24, 2.45) is 0 Å². The number of carbonyl (C=O) groups is 1. The Morgan fingerprint density at radius 1 is 1.40 bits per heavy atom. The van der Waals surface area contributed by atoms with E-state index in [0.717, 1.165) is 23.6 Å². The molecule has 0 spiro atoms. The fourth-order valence-corrected chi connectivity index (χ4v) is 4.82. The van der Waals surface area contributed by atoms with Crippen LogP contribution in [0.15, 0.2) is 0 Å². The molecule has 0 aromatic rings. The van der Waals surface area contributed by atoms with Crippen LogP contribution in [0.5, 0.6) is 0 Å². The summed E-state index contributed by atoms with van der Waals surface area (Å²) in [5.74, 6) is 0. The second kappa shape index (κ2) is 7.38. The minimum atomic E-state index is -2.22. The molecule has 0 saturated carbocycles. The summed E-state index contributed by atoms with van der Waals surface area (Å²) in [7, 11) is 0. The molecule has 0 aromatic carbocycles. The number of hydrogen-bond donors (Lipinski definition) is 0. The first kappa shape index (κ1) is 10.3. The Morgan fingerprint density at radius 3 is 2.60 bits per heavy atom. The van der Waals surface area contributed by atoms with Gasteiger partial charge in [0.1, 0.15) is 0 Å². The van der Waals surface area contributed by atoms with Crippen LogP contribution in [-0.2, 0) is 7.87 Å². The van der Waals surface area contributed by atoms with Gasteiger partial charge in [-0.25, -0.2) is 0 Å². The number of unbranched alkanes of at least 4 members (excludes halogenated alkanes) is 1. The van der Waals surface area contributed by atoms with E-state index in [1.54, 1.807) is 0 Å². The van der Waals surface area contributed by atoms with Crippen molar-refractivity contribution in [3.05, 3.63) is 0 Å². The van der Waals surface area contributed by atoms with E-state index in [4.69, 9.17) is 0 Å². The van der Waals surface area contributed by atoms with Crippen molar-refractivity contribution in [1.29, 1.82) is 0 Å². The summed E-state index contributed by atoms with van der Waals surface area (Å²) in [5.41, 5.74) is 0. The van der Waals surface area contributed by atoms with Crippen LogP contribution >= 0.6 is 0 Å². The summed E-state index contributed by atoms with van der Waals surface area (Å²) in [5, 5.41) is 0. The second-order valence-corrected chi connectivity index (χ2v) is 8.28. The SMILES string of the molecule is CCC[CH2][Sn](=[O])[CH2]CC=O. The molecule has 0 heterocycles. The number of hydrogen-bond acceptors (Lipinski definition) is 2. The quantitative estimate of drug-likeness (QED) is 0.531. The van der Waals surface area contributed by atoms with Gasteiger partial charge in [0.2, 0.25) is 0 Å². The van der Waals surface area contributed by atoms with Crippen LogP contribution in [0.1, 0.15) is 26.2 Å². The van der Waals surface area contributed by atoms with Crippen LogP contribution in [0, 0.1) is 0 Å². The Morgan fingerprint density at radius 2 is 2.10 bits per heavy atom. The molecule has 0 rings (SSSR count). The molecule has 0 amide bonds. The first-order valence-corrected chi connectivity index (χ1v) is 8.96. The van der Waals surface area contributed by atoms with Crippen molar-refractivity contribution in [2.75, 3.05) is 0 Å². The van der Waals surface area contributed by atoms with Crippen LogP contribution in [0.3, 0.4) is 0 Å². The Labute approximate surface area is 69.1 Å². The first-order chi connectivity index (χ1) is 4.81. The summed E-state index contributed by atoms with van der Waals surface area (Å²) in [6, 6.07) is 0. The van der Waals surface area contributed by atoms with Crippen molar-refractivity contribution in [2.45, 2.75) is 35.1 Å². The monoisotopic (exact) mass is 250 g/mol. The normalized spacial score (nSPS) is 9.30. The molecule has 0 aliphatic rings. The van der Waals surface area contributed by atoms with Crippen LogP contribution in [-0.4, -0.2) is 26.0 Å². The van der Waals surface area contributed by atoms with Crippen molar-refractivity contribution in [3.8, 4) is 0 Å². The zero-order valence-corrected chi connectivity index (χ0v) is 9.28. The van der Waals surface area contributed by atoms with Crippen molar-refractivity contribution in [3.63, 3.8) is 0 Å². The summed E-state index contributed by atoms with van der Waals surface area (Å²) in [6.07, 6.45) is 3.58. The fourth-order valence-electron chi connectivity index (χ4n) is 0.719. The molecule has 10 heavy (non-hydrogen) atoms. The average Bonchev–Trinajstić information content (AvgIpc) is 1.97. The summed E-state index contributed by atoms with van der Waals surface area (Å²) >= 11 is -2.22. The van der Waals surface area contributed by atoms with Gasteiger partial charge in [0.15, 0.2) is 0 Å². The van der Waals surface area contributed by atoms with Crippen LogP contribution < -0.4 is 0 Å². The molecule has 0 radical (unpaired) electrons. The zero-order chi connectivity index (χ0) is 7.82. The maximum atomic E-state index is 11.1. The van der Waals surface area contributed by atoms with Crippen LogP contribution in [0.4, 0.5) is 0 Å². The van der Waals surface area contributed by atoms with Gasteiger partial charge in [0.05, 0.1) is 0 Å². The first-order valence-electron chi connectivity index (χ1n) is 3.76. The Balaban J connectivity index is 3.16. The van der Waals surface area contributed by atoms with Gasteiger partial charge in [-0.2, -0.15) is 0 Å². The van der Waals surface area contributed by atoms with Crippen molar-refractivity contribution < 1.29 is 7.87 Å². The van der Waals surface area contributed by atoms with Crippen molar-refractivity contribution in [1.82, 2.24) is 0 Å². The predicted octanol–water partition coefficient (Wildman–Crippen LogP) is 1.80. The number of rotatable bonds is 6. The van der Waals surface area contributed by atoms with Gasteiger partial charge >= 0.3 is 69.0 Å². The van der Waals surface area contributed by atoms with Gasteiger partial charge in [0, 0.05) is 0 Å². The fraction of sp³-hybridized carbons (Fsp3) is 0.857. The third-order valence-electron chi connectivity index (χ3n) is 1.35. The number of carbonyl (C=O) groups excluding carboxylic acids is 1. The summed E-state index contributed by atoms with van der Waals surface area (Å²) in [6.45, 7) is 2.09. The Hall–Kier alpha value is 0.269. The van der Waals surface area contributed by atoms with E-state index < -0.39 is 19.7 Å². The molecule has 0 saturated heterocycles. The molecule has 3 heteroatoms. The van der Waals surface area contributed by atoms with Gasteiger partial charge in [-0.1, -0.05) is 0 Å². The van der Waals surface area contributed by atoms with Crippen LogP contribution in [0.25, 0.3) is 0 Å². The van der Waals surface area contributed by atoms with Gasteiger partial charge < -0.3 is 0 Å².